The van der Waals surface area contributed by atoms with E-state index in [9.17, 15) is 4.79 Å². The minimum atomic E-state index is 0.143. The van der Waals surface area contributed by atoms with Gasteiger partial charge in [0.15, 0.2) is 5.13 Å². The van der Waals surface area contributed by atoms with Gasteiger partial charge in [0.25, 0.3) is 0 Å². The molecular formula is C25H38N4OS. The van der Waals surface area contributed by atoms with E-state index in [-0.39, 0.29) is 11.8 Å². The second-order valence-corrected chi connectivity index (χ2v) is 11.0. The lowest BCUT2D eigenvalue weighted by molar-refractivity contribution is -0.125. The third-order valence-electron chi connectivity index (χ3n) is 6.85. The van der Waals surface area contributed by atoms with Crippen molar-refractivity contribution in [1.29, 1.82) is 0 Å². The Bertz CT molecular complexity index is 892. The maximum absolute atomic E-state index is 12.7. The highest BCUT2D eigenvalue weighted by atomic mass is 32.1. The molecule has 0 radical (unpaired) electrons. The topological polar surface area (TPSA) is 48.5 Å². The molecule has 1 amide bonds. The molecule has 0 bridgehead atoms. The number of piperidine rings is 2. The van der Waals surface area contributed by atoms with Gasteiger partial charge < -0.3 is 15.1 Å². The maximum Gasteiger partial charge on any atom is 0.223 e. The van der Waals surface area contributed by atoms with Gasteiger partial charge in [-0.2, -0.15) is 0 Å². The Morgan fingerprint density at radius 3 is 2.58 bits per heavy atom. The molecule has 2 aliphatic rings. The lowest BCUT2D eigenvalue weighted by Crippen LogP contribution is -2.42. The van der Waals surface area contributed by atoms with Crippen molar-refractivity contribution in [3.05, 3.63) is 23.3 Å². The Kier molecular flexibility index (Phi) is 7.17. The highest BCUT2D eigenvalue weighted by molar-refractivity contribution is 7.22. The fourth-order valence-electron chi connectivity index (χ4n) is 5.46. The number of amides is 1. The number of carbonyl (C=O) groups is 1. The summed E-state index contributed by atoms with van der Waals surface area (Å²) in [5, 5.41) is 4.31. The molecule has 2 aromatic rings. The Labute approximate surface area is 191 Å². The summed E-state index contributed by atoms with van der Waals surface area (Å²) in [6.07, 6.45) is 4.23. The first kappa shape index (κ1) is 22.5. The van der Waals surface area contributed by atoms with Crippen molar-refractivity contribution in [3.63, 3.8) is 0 Å². The van der Waals surface area contributed by atoms with E-state index in [0.29, 0.717) is 0 Å². The van der Waals surface area contributed by atoms with E-state index in [0.717, 1.165) is 67.9 Å². The Morgan fingerprint density at radius 1 is 1.16 bits per heavy atom. The molecular weight excluding hydrogens is 404 g/mol. The molecule has 1 aromatic carbocycles. The van der Waals surface area contributed by atoms with Crippen molar-refractivity contribution in [1.82, 2.24) is 15.2 Å². The zero-order valence-corrected chi connectivity index (χ0v) is 20.4. The standard InChI is InChI=1S/C25H38N4OS/c1-17-13-20(4)23-22(14-17)31-25(27-23)29-10-6-21(7-11-29)24(30)26-8-5-9-28-15-18(2)12-19(3)16-28/h13-14,18-19,21H,5-12,15-16H2,1-4H3,(H,26,30)/t18-,19-/m1/s1. The quantitative estimate of drug-likeness (QED) is 0.664. The molecule has 0 saturated carbocycles. The third kappa shape index (κ3) is 5.58. The fraction of sp³-hybridized carbons (Fsp3) is 0.680. The van der Waals surface area contributed by atoms with Crippen molar-refractivity contribution in [3.8, 4) is 0 Å². The summed E-state index contributed by atoms with van der Waals surface area (Å²) in [5.41, 5.74) is 3.67. The number of aromatic nitrogens is 1. The van der Waals surface area contributed by atoms with Gasteiger partial charge in [0.1, 0.15) is 0 Å². The number of carbonyl (C=O) groups excluding carboxylic acids is 1. The fourth-order valence-corrected chi connectivity index (χ4v) is 6.65. The zero-order chi connectivity index (χ0) is 22.0. The average molecular weight is 443 g/mol. The van der Waals surface area contributed by atoms with Crippen molar-refractivity contribution in [2.24, 2.45) is 17.8 Å². The first-order chi connectivity index (χ1) is 14.9. The number of hydrogen-bond donors (Lipinski definition) is 1. The number of aryl methyl sites for hydroxylation is 2. The predicted octanol–water partition coefficient (Wildman–Crippen LogP) is 4.61. The molecule has 2 atom stereocenters. The molecule has 0 spiro atoms. The monoisotopic (exact) mass is 442 g/mol. The van der Waals surface area contributed by atoms with Crippen LogP contribution in [0.4, 0.5) is 5.13 Å². The van der Waals surface area contributed by atoms with Gasteiger partial charge in [-0.25, -0.2) is 4.98 Å². The molecule has 5 nitrogen and oxygen atoms in total. The van der Waals surface area contributed by atoms with Crippen LogP contribution in [0.5, 0.6) is 0 Å². The molecule has 2 saturated heterocycles. The second-order valence-electron chi connectivity index (χ2n) is 10.0. The molecule has 2 fully saturated rings. The first-order valence-corrected chi connectivity index (χ1v) is 12.8. The number of anilines is 1. The van der Waals surface area contributed by atoms with Gasteiger partial charge in [0, 0.05) is 38.6 Å². The van der Waals surface area contributed by atoms with Crippen LogP contribution in [0.15, 0.2) is 12.1 Å². The van der Waals surface area contributed by atoms with Gasteiger partial charge in [-0.15, -0.1) is 0 Å². The maximum atomic E-state index is 12.7. The number of fused-ring (bicyclic) bond motifs is 1. The van der Waals surface area contributed by atoms with E-state index in [1.807, 2.05) is 0 Å². The summed E-state index contributed by atoms with van der Waals surface area (Å²) >= 11 is 1.78. The van der Waals surface area contributed by atoms with Crippen LogP contribution >= 0.6 is 11.3 Å². The highest BCUT2D eigenvalue weighted by Crippen LogP contribution is 2.33. The summed E-state index contributed by atoms with van der Waals surface area (Å²) in [6.45, 7) is 15.1. The summed E-state index contributed by atoms with van der Waals surface area (Å²) in [5.74, 6) is 1.99. The van der Waals surface area contributed by atoms with Gasteiger partial charge in [0.05, 0.1) is 10.2 Å². The number of nitrogens with zero attached hydrogens (tertiary/aromatic N) is 3. The van der Waals surface area contributed by atoms with Gasteiger partial charge >= 0.3 is 0 Å². The summed E-state index contributed by atoms with van der Waals surface area (Å²) in [4.78, 5) is 22.5. The minimum absolute atomic E-state index is 0.143. The molecule has 2 aliphatic heterocycles. The molecule has 0 unspecified atom stereocenters. The van der Waals surface area contributed by atoms with Crippen LogP contribution in [0.25, 0.3) is 10.2 Å². The molecule has 170 valence electrons. The summed E-state index contributed by atoms with van der Waals surface area (Å²) < 4.78 is 1.27. The number of benzene rings is 1. The van der Waals surface area contributed by atoms with E-state index < -0.39 is 0 Å². The number of hydrogen-bond acceptors (Lipinski definition) is 5. The van der Waals surface area contributed by atoms with Crippen LogP contribution in [-0.4, -0.2) is 55.1 Å². The van der Waals surface area contributed by atoms with E-state index in [1.54, 1.807) is 11.3 Å². The van der Waals surface area contributed by atoms with Crippen LogP contribution in [0.2, 0.25) is 0 Å². The van der Waals surface area contributed by atoms with E-state index in [2.05, 4.69) is 54.9 Å². The van der Waals surface area contributed by atoms with Crippen molar-refractivity contribution in [2.45, 2.75) is 53.4 Å². The Morgan fingerprint density at radius 2 is 1.87 bits per heavy atom. The number of rotatable bonds is 6. The first-order valence-electron chi connectivity index (χ1n) is 12.0. The summed E-state index contributed by atoms with van der Waals surface area (Å²) in [6, 6.07) is 4.43. The van der Waals surface area contributed by atoms with Crippen molar-refractivity contribution < 1.29 is 4.79 Å². The molecule has 31 heavy (non-hydrogen) atoms. The molecule has 1 N–H and O–H groups in total. The molecule has 0 aliphatic carbocycles. The molecule has 4 rings (SSSR count). The van der Waals surface area contributed by atoms with Crippen molar-refractivity contribution >= 4 is 32.6 Å². The highest BCUT2D eigenvalue weighted by Gasteiger charge is 2.27. The van der Waals surface area contributed by atoms with Gasteiger partial charge in [-0.1, -0.05) is 31.3 Å². The predicted molar refractivity (Wildman–Crippen MR) is 131 cm³/mol. The van der Waals surface area contributed by atoms with Crippen LogP contribution in [0, 0.1) is 31.6 Å². The van der Waals surface area contributed by atoms with Crippen molar-refractivity contribution in [2.75, 3.05) is 44.2 Å². The normalized spacial score (nSPS) is 23.4. The Hall–Kier alpha value is -1.66. The van der Waals surface area contributed by atoms with E-state index >= 15 is 0 Å². The second kappa shape index (κ2) is 9.86. The smallest absolute Gasteiger partial charge is 0.223 e. The van der Waals surface area contributed by atoms with Gasteiger partial charge in [0.2, 0.25) is 5.91 Å². The molecule has 6 heteroatoms. The lowest BCUT2D eigenvalue weighted by atomic mass is 9.92. The van der Waals surface area contributed by atoms with Crippen LogP contribution in [-0.2, 0) is 4.79 Å². The number of nitrogens with one attached hydrogen (secondary N) is 1. The van der Waals surface area contributed by atoms with Gasteiger partial charge in [-0.3, -0.25) is 4.79 Å². The van der Waals surface area contributed by atoms with E-state index in [4.69, 9.17) is 4.98 Å². The van der Waals surface area contributed by atoms with Crippen LogP contribution in [0.3, 0.4) is 0 Å². The number of likely N-dealkylation sites (tertiary alicyclic amines) is 1. The zero-order valence-electron chi connectivity index (χ0n) is 19.6. The molecule has 1 aromatic heterocycles. The van der Waals surface area contributed by atoms with Crippen LogP contribution < -0.4 is 10.2 Å². The Balaban J connectivity index is 1.21. The summed E-state index contributed by atoms with van der Waals surface area (Å²) in [7, 11) is 0. The number of thiazole rings is 1. The largest absolute Gasteiger partial charge is 0.356 e. The van der Waals surface area contributed by atoms with Gasteiger partial charge in [-0.05, 0) is 75.1 Å². The third-order valence-corrected chi connectivity index (χ3v) is 7.91. The van der Waals surface area contributed by atoms with Crippen LogP contribution in [0.1, 0.15) is 50.7 Å². The lowest BCUT2D eigenvalue weighted by Gasteiger charge is -2.35. The average Bonchev–Trinajstić information content (AvgIpc) is 3.15. The molecule has 3 heterocycles. The SMILES string of the molecule is Cc1cc(C)c2nc(N3CCC(C(=O)NCCCN4C[C@H](C)C[C@@H](C)C4)CC3)sc2c1. The van der Waals surface area contributed by atoms with E-state index in [1.165, 1.54) is 35.3 Å². The minimum Gasteiger partial charge on any atom is -0.356 e.